The van der Waals surface area contributed by atoms with Gasteiger partial charge in [-0.05, 0) is 52.8 Å². The predicted octanol–water partition coefficient (Wildman–Crippen LogP) is 2.86. The molecule has 2 saturated heterocycles. The molecule has 66 heavy (non-hydrogen) atoms. The Balaban J connectivity index is 1.27. The second kappa shape index (κ2) is 21.4. The lowest BCUT2D eigenvalue weighted by atomic mass is 9.80. The summed E-state index contributed by atoms with van der Waals surface area (Å²) in [5.74, 6) is 1.22. The van der Waals surface area contributed by atoms with E-state index >= 15 is 0 Å². The van der Waals surface area contributed by atoms with E-state index in [9.17, 15) is 24.3 Å². The molecule has 9 atom stereocenters. The van der Waals surface area contributed by atoms with Crippen LogP contribution in [0.1, 0.15) is 29.1 Å². The summed E-state index contributed by atoms with van der Waals surface area (Å²) in [6.45, 7) is 2.26. The molecule has 0 spiro atoms. The molecule has 0 aliphatic carbocycles. The maximum absolute atomic E-state index is 13.3. The van der Waals surface area contributed by atoms with Crippen LogP contribution in [0.15, 0.2) is 123 Å². The fourth-order valence-corrected chi connectivity index (χ4v) is 10.0. The molecular formula is C44H48N5O15PS. The van der Waals surface area contributed by atoms with Crippen molar-refractivity contribution in [2.45, 2.75) is 54.7 Å². The van der Waals surface area contributed by atoms with Gasteiger partial charge in [0.2, 0.25) is 6.54 Å². The van der Waals surface area contributed by atoms with E-state index in [1.807, 2.05) is 78.9 Å². The first-order valence-corrected chi connectivity index (χ1v) is 23.0. The minimum Gasteiger partial charge on any atom is -0.497 e. The van der Waals surface area contributed by atoms with Gasteiger partial charge in [0.15, 0.2) is 12.5 Å². The Kier molecular flexibility index (Phi) is 15.6. The molecule has 0 saturated carbocycles. The lowest BCUT2D eigenvalue weighted by Gasteiger charge is -2.37. The van der Waals surface area contributed by atoms with Gasteiger partial charge in [0.05, 0.1) is 27.4 Å². The van der Waals surface area contributed by atoms with Gasteiger partial charge >= 0.3 is 18.1 Å². The fraction of sp³-hybridized carbons (Fsp3) is 0.386. The van der Waals surface area contributed by atoms with Gasteiger partial charge in [-0.25, -0.2) is 16.2 Å². The van der Waals surface area contributed by atoms with Gasteiger partial charge in [-0.3, -0.25) is 33.2 Å². The molecule has 3 aromatic carbocycles. The molecule has 2 aromatic heterocycles. The number of benzene rings is 3. The number of hydrogen-bond acceptors (Lipinski definition) is 16. The number of hydrogen-bond donors (Lipinski definition) is 3. The molecule has 7 rings (SSSR count). The van der Waals surface area contributed by atoms with Gasteiger partial charge in [0, 0.05) is 38.7 Å². The zero-order chi connectivity index (χ0) is 47.0. The van der Waals surface area contributed by atoms with Crippen molar-refractivity contribution in [3.05, 3.63) is 173 Å². The minimum absolute atomic E-state index is 0.128. The van der Waals surface area contributed by atoms with Crippen molar-refractivity contribution >= 4 is 18.5 Å². The van der Waals surface area contributed by atoms with Crippen LogP contribution < -0.4 is 32.0 Å². The van der Waals surface area contributed by atoms with Crippen LogP contribution in [0.3, 0.4) is 0 Å². The lowest BCUT2D eigenvalue weighted by Crippen LogP contribution is -2.42. The van der Waals surface area contributed by atoms with Crippen LogP contribution in [-0.4, -0.2) is 116 Å². The number of ether oxygens (including phenoxy) is 7. The number of H-pyrrole nitrogens is 2. The highest BCUT2D eigenvalue weighted by Crippen LogP contribution is 2.55. The first kappa shape index (κ1) is 48.3. The van der Waals surface area contributed by atoms with Gasteiger partial charge < -0.3 is 52.2 Å². The molecule has 0 radical (unpaired) electrons. The first-order chi connectivity index (χ1) is 31.9. The third-order valence-corrected chi connectivity index (χ3v) is 13.5. The van der Waals surface area contributed by atoms with E-state index in [1.54, 1.807) is 14.2 Å². The van der Waals surface area contributed by atoms with Crippen LogP contribution >= 0.6 is 6.72 Å². The van der Waals surface area contributed by atoms with E-state index in [0.29, 0.717) is 22.6 Å². The molecule has 3 N–H and O–H groups in total. The molecule has 2 aliphatic rings. The molecule has 0 amide bonds. The Hall–Kier alpha value is -5.60. The number of aliphatic hydroxyl groups is 1. The van der Waals surface area contributed by atoms with E-state index in [2.05, 4.69) is 14.8 Å². The number of aromatic nitrogens is 4. The van der Waals surface area contributed by atoms with Crippen LogP contribution in [0.25, 0.3) is 4.85 Å². The third kappa shape index (κ3) is 10.2. The van der Waals surface area contributed by atoms with E-state index < -0.39 is 90.5 Å². The number of rotatable bonds is 20. The van der Waals surface area contributed by atoms with Crippen LogP contribution in [0.5, 0.6) is 11.5 Å². The monoisotopic (exact) mass is 949 g/mol. The summed E-state index contributed by atoms with van der Waals surface area (Å²) in [5.41, 5.74) is -2.08. The van der Waals surface area contributed by atoms with E-state index in [-0.39, 0.29) is 19.8 Å². The van der Waals surface area contributed by atoms with Crippen molar-refractivity contribution in [1.29, 1.82) is 0 Å². The Bertz CT molecular complexity index is 2700. The predicted molar refractivity (Wildman–Crippen MR) is 239 cm³/mol. The second-order valence-electron chi connectivity index (χ2n) is 14.9. The van der Waals surface area contributed by atoms with Gasteiger partial charge in [-0.1, -0.05) is 54.6 Å². The average molecular weight is 950 g/mol. The van der Waals surface area contributed by atoms with Crippen molar-refractivity contribution in [3.63, 3.8) is 0 Å². The van der Waals surface area contributed by atoms with Gasteiger partial charge in [-0.15, -0.1) is 0 Å². The standard InChI is InChI=1S/C44H48N5O15PS/c1-45-21-24-60-65(66,61-26-32-36(52)38(57-4)40(62-32)48-22-19-34(50)46-42(48)53)64-37-33(63-41(39(37)58-5)49-23-20-35(51)47-43(49)54)25-59-44(27-9-7-6-8-10-27,28-11-15-30(55-2)16-12-28)29-13-17-31(56-3)18-14-29/h6-20,22-23,32-33,36-41,52H,21,24-26H2,2-5H3,(H,46,50,53)(H,47,51,54)/t32-,33-,36?,37?,38+,39+,40-,41-,65?/m1/s1. The maximum Gasteiger partial charge on any atom is 0.330 e. The first-order valence-electron chi connectivity index (χ1n) is 20.5. The number of nitrogens with zero attached hydrogens (tertiary/aromatic N) is 3. The smallest absolute Gasteiger partial charge is 0.330 e. The molecule has 4 heterocycles. The summed E-state index contributed by atoms with van der Waals surface area (Å²) >= 11 is 6.01. The van der Waals surface area contributed by atoms with Gasteiger partial charge in [-0.2, -0.15) is 0 Å². The molecule has 3 unspecified atom stereocenters. The number of aliphatic hydroxyl groups excluding tert-OH is 1. The molecule has 20 nitrogen and oxygen atoms in total. The summed E-state index contributed by atoms with van der Waals surface area (Å²) in [6, 6.07) is 26.5. The van der Waals surface area contributed by atoms with Crippen LogP contribution in [0.4, 0.5) is 0 Å². The maximum atomic E-state index is 13.3. The third-order valence-electron chi connectivity index (χ3n) is 11.1. The largest absolute Gasteiger partial charge is 0.497 e. The summed E-state index contributed by atoms with van der Waals surface area (Å²) < 4.78 is 63.6. The molecular weight excluding hydrogens is 902 g/mol. The van der Waals surface area contributed by atoms with Crippen molar-refractivity contribution in [1.82, 2.24) is 19.1 Å². The second-order valence-corrected chi connectivity index (χ2v) is 17.9. The highest BCUT2D eigenvalue weighted by molar-refractivity contribution is 8.07. The van der Waals surface area contributed by atoms with Crippen molar-refractivity contribution < 1.29 is 51.8 Å². The Morgan fingerprint density at radius 3 is 1.71 bits per heavy atom. The van der Waals surface area contributed by atoms with E-state index in [4.69, 9.17) is 65.1 Å². The van der Waals surface area contributed by atoms with Crippen molar-refractivity contribution in [2.75, 3.05) is 54.8 Å². The Morgan fingerprint density at radius 2 is 1.21 bits per heavy atom. The summed E-state index contributed by atoms with van der Waals surface area (Å²) in [7, 11) is 5.82. The summed E-state index contributed by atoms with van der Waals surface area (Å²) in [4.78, 5) is 57.8. The highest BCUT2D eigenvalue weighted by atomic mass is 32.5. The normalized spacial score (nSPS) is 23.8. The summed E-state index contributed by atoms with van der Waals surface area (Å²) in [5, 5.41) is 11.3. The van der Waals surface area contributed by atoms with Crippen molar-refractivity contribution in [2.24, 2.45) is 0 Å². The zero-order valence-corrected chi connectivity index (χ0v) is 37.8. The zero-order valence-electron chi connectivity index (χ0n) is 36.1. The number of methoxy groups -OCH3 is 4. The average Bonchev–Trinajstić information content (AvgIpc) is 3.83. The van der Waals surface area contributed by atoms with Crippen LogP contribution in [0.2, 0.25) is 0 Å². The minimum atomic E-state index is -4.04. The van der Waals surface area contributed by atoms with Crippen LogP contribution in [-0.2, 0) is 54.7 Å². The Labute approximate surface area is 382 Å². The number of aromatic amines is 2. The molecule has 2 aliphatic heterocycles. The lowest BCUT2D eigenvalue weighted by molar-refractivity contribution is -0.0965. The van der Waals surface area contributed by atoms with E-state index in [0.717, 1.165) is 26.8 Å². The number of nitrogens with one attached hydrogen (secondary N) is 2. The quantitative estimate of drug-likeness (QED) is 0.0441. The summed E-state index contributed by atoms with van der Waals surface area (Å²) in [6.07, 6.45) is -7.13. The van der Waals surface area contributed by atoms with Crippen LogP contribution in [0, 0.1) is 6.57 Å². The van der Waals surface area contributed by atoms with E-state index in [1.165, 1.54) is 26.6 Å². The Morgan fingerprint density at radius 1 is 0.697 bits per heavy atom. The molecule has 5 aromatic rings. The molecule has 22 heteroatoms. The molecule has 350 valence electrons. The SMILES string of the molecule is [C-]#[N+]CCOP(=S)(OC[C@H]1O[C@@H](n2ccc(=O)[nH]c2=O)[C@@H](OC)C1O)OC1[C@@H](COC(c2ccccc2)(c2ccc(OC)cc2)c2ccc(OC)cc2)O[C@@H](n2ccc(=O)[nH]c2=O)[C@H]1OC. The topological polar surface area (TPSA) is 227 Å². The highest BCUT2D eigenvalue weighted by Gasteiger charge is 2.52. The molecule has 2 fully saturated rings. The van der Waals surface area contributed by atoms with Gasteiger partial charge in [0.25, 0.3) is 11.1 Å². The van der Waals surface area contributed by atoms with Gasteiger partial charge in [0.1, 0.15) is 60.3 Å². The van der Waals surface area contributed by atoms with Crippen molar-refractivity contribution in [3.8, 4) is 11.5 Å². The fourth-order valence-electron chi connectivity index (χ4n) is 7.93. The molecule has 0 bridgehead atoms.